The zero-order chi connectivity index (χ0) is 21.4. The summed E-state index contributed by atoms with van der Waals surface area (Å²) in [4.78, 5) is 32.5. The van der Waals surface area contributed by atoms with E-state index in [0.29, 0.717) is 18.2 Å². The molecule has 1 aliphatic rings. The van der Waals surface area contributed by atoms with Crippen LogP contribution < -0.4 is 10.6 Å². The fourth-order valence-corrected chi connectivity index (χ4v) is 5.17. The van der Waals surface area contributed by atoms with Crippen LogP contribution in [0.4, 0.5) is 5.13 Å². The minimum absolute atomic E-state index is 0.0243. The number of aryl methyl sites for hydroxylation is 2. The van der Waals surface area contributed by atoms with Gasteiger partial charge in [-0.1, -0.05) is 35.6 Å². The normalized spacial score (nSPS) is 16.4. The standard InChI is InChI=1S/C23H24N4O3S/c1-25-18-9-3-4-10-19(18)26(23(25)29)13-12-21(28)27(15-16-7-6-14-30-16)22-24-17-8-2-5-11-20(17)31-22/h2-5,8-11,16H,6-7,12-15H2,1H3. The number of nitrogens with zero attached hydrogens (tertiary/aromatic N) is 4. The fourth-order valence-electron chi connectivity index (χ4n) is 4.18. The third-order valence-electron chi connectivity index (χ3n) is 5.83. The highest BCUT2D eigenvalue weighted by atomic mass is 32.1. The third kappa shape index (κ3) is 3.77. The molecule has 7 nitrogen and oxygen atoms in total. The van der Waals surface area contributed by atoms with Crippen molar-refractivity contribution in [3.8, 4) is 0 Å². The Bertz CT molecular complexity index is 1270. The summed E-state index contributed by atoms with van der Waals surface area (Å²) in [7, 11) is 1.76. The van der Waals surface area contributed by atoms with Crippen molar-refractivity contribution in [3.63, 3.8) is 0 Å². The first-order valence-electron chi connectivity index (χ1n) is 10.5. The molecule has 160 valence electrons. The first kappa shape index (κ1) is 20.0. The second-order valence-corrected chi connectivity index (χ2v) is 8.84. The molecule has 0 aliphatic carbocycles. The summed E-state index contributed by atoms with van der Waals surface area (Å²) < 4.78 is 10.1. The molecule has 4 aromatic rings. The molecule has 1 atom stereocenters. The Morgan fingerprint density at radius 3 is 2.74 bits per heavy atom. The number of anilines is 1. The summed E-state index contributed by atoms with van der Waals surface area (Å²) in [5.74, 6) is -0.0469. The predicted molar refractivity (Wildman–Crippen MR) is 123 cm³/mol. The monoisotopic (exact) mass is 436 g/mol. The van der Waals surface area contributed by atoms with Gasteiger partial charge in [0.05, 0.1) is 33.9 Å². The van der Waals surface area contributed by atoms with Gasteiger partial charge in [-0.15, -0.1) is 0 Å². The van der Waals surface area contributed by atoms with Crippen LogP contribution in [0.1, 0.15) is 19.3 Å². The molecule has 2 aromatic heterocycles. The number of hydrogen-bond acceptors (Lipinski definition) is 5. The number of ether oxygens (including phenoxy) is 1. The summed E-state index contributed by atoms with van der Waals surface area (Å²) in [6, 6.07) is 15.5. The lowest BCUT2D eigenvalue weighted by molar-refractivity contribution is -0.119. The van der Waals surface area contributed by atoms with Crippen LogP contribution in [-0.2, 0) is 23.1 Å². The van der Waals surface area contributed by atoms with E-state index in [1.165, 1.54) is 11.3 Å². The van der Waals surface area contributed by atoms with Crippen LogP contribution in [0.15, 0.2) is 53.3 Å². The van der Waals surface area contributed by atoms with Gasteiger partial charge < -0.3 is 4.74 Å². The molecule has 1 unspecified atom stereocenters. The van der Waals surface area contributed by atoms with Crippen LogP contribution in [0.3, 0.4) is 0 Å². The van der Waals surface area contributed by atoms with Crippen molar-refractivity contribution in [2.45, 2.75) is 31.9 Å². The number of rotatable bonds is 6. The van der Waals surface area contributed by atoms with E-state index in [-0.39, 0.29) is 24.1 Å². The molecule has 0 bridgehead atoms. The molecule has 1 aliphatic heterocycles. The Morgan fingerprint density at radius 2 is 1.97 bits per heavy atom. The minimum Gasteiger partial charge on any atom is -0.376 e. The van der Waals surface area contributed by atoms with Crippen LogP contribution in [0.5, 0.6) is 0 Å². The summed E-state index contributed by atoms with van der Waals surface area (Å²) >= 11 is 1.51. The van der Waals surface area contributed by atoms with Gasteiger partial charge in [-0.05, 0) is 37.1 Å². The number of para-hydroxylation sites is 3. The lowest BCUT2D eigenvalue weighted by Crippen LogP contribution is -2.38. The first-order chi connectivity index (χ1) is 15.1. The van der Waals surface area contributed by atoms with Crippen LogP contribution in [0, 0.1) is 0 Å². The van der Waals surface area contributed by atoms with Crippen molar-refractivity contribution in [3.05, 3.63) is 59.0 Å². The summed E-state index contributed by atoms with van der Waals surface area (Å²) in [6.45, 7) is 1.55. The number of fused-ring (bicyclic) bond motifs is 2. The number of hydrogen-bond donors (Lipinski definition) is 0. The number of imidazole rings is 1. The average molecular weight is 437 g/mol. The Hall–Kier alpha value is -2.97. The number of aromatic nitrogens is 3. The van der Waals surface area contributed by atoms with Crippen molar-refractivity contribution < 1.29 is 9.53 Å². The topological polar surface area (TPSA) is 69.4 Å². The maximum atomic E-state index is 13.4. The summed E-state index contributed by atoms with van der Waals surface area (Å²) in [6.07, 6.45) is 2.20. The maximum absolute atomic E-state index is 13.4. The Labute approximate surface area is 183 Å². The van der Waals surface area contributed by atoms with Gasteiger partial charge in [0.15, 0.2) is 5.13 Å². The van der Waals surface area contributed by atoms with Gasteiger partial charge in [-0.3, -0.25) is 18.8 Å². The summed E-state index contributed by atoms with van der Waals surface area (Å²) in [5.41, 5.74) is 2.48. The van der Waals surface area contributed by atoms with E-state index >= 15 is 0 Å². The highest BCUT2D eigenvalue weighted by Gasteiger charge is 2.26. The lowest BCUT2D eigenvalue weighted by atomic mass is 10.2. The maximum Gasteiger partial charge on any atom is 0.328 e. The quantitative estimate of drug-likeness (QED) is 0.464. The molecule has 1 fully saturated rings. The Morgan fingerprint density at radius 1 is 1.19 bits per heavy atom. The van der Waals surface area contributed by atoms with Gasteiger partial charge in [-0.2, -0.15) is 0 Å². The average Bonchev–Trinajstić information content (AvgIpc) is 3.50. The van der Waals surface area contributed by atoms with Gasteiger partial charge in [-0.25, -0.2) is 9.78 Å². The highest BCUT2D eigenvalue weighted by Crippen LogP contribution is 2.30. The van der Waals surface area contributed by atoms with E-state index in [1.54, 1.807) is 21.1 Å². The summed E-state index contributed by atoms with van der Waals surface area (Å²) in [5, 5.41) is 0.687. The number of amides is 1. The zero-order valence-electron chi connectivity index (χ0n) is 17.4. The van der Waals surface area contributed by atoms with E-state index in [4.69, 9.17) is 9.72 Å². The molecular formula is C23H24N4O3S. The molecule has 0 saturated carbocycles. The Kier molecular flexibility index (Phi) is 5.33. The van der Waals surface area contributed by atoms with Crippen LogP contribution in [0.25, 0.3) is 21.3 Å². The fraction of sp³-hybridized carbons (Fsp3) is 0.348. The van der Waals surface area contributed by atoms with Crippen molar-refractivity contribution in [2.24, 2.45) is 7.05 Å². The number of carbonyl (C=O) groups excluding carboxylic acids is 1. The molecule has 2 aromatic carbocycles. The lowest BCUT2D eigenvalue weighted by Gasteiger charge is -2.23. The first-order valence-corrected chi connectivity index (χ1v) is 11.4. The van der Waals surface area contributed by atoms with Crippen LogP contribution >= 0.6 is 11.3 Å². The van der Waals surface area contributed by atoms with E-state index in [1.807, 2.05) is 48.5 Å². The Balaban J connectivity index is 1.42. The molecule has 31 heavy (non-hydrogen) atoms. The largest absolute Gasteiger partial charge is 0.376 e. The van der Waals surface area contributed by atoms with Gasteiger partial charge in [0.1, 0.15) is 0 Å². The number of carbonyl (C=O) groups is 1. The SMILES string of the molecule is Cn1c(=O)n(CCC(=O)N(CC2CCCO2)c2nc3ccccc3s2)c2ccccc21. The molecule has 0 radical (unpaired) electrons. The van der Waals surface area contributed by atoms with E-state index in [9.17, 15) is 9.59 Å². The molecular weight excluding hydrogens is 412 g/mol. The molecule has 0 spiro atoms. The third-order valence-corrected chi connectivity index (χ3v) is 6.89. The molecule has 0 N–H and O–H groups in total. The van der Waals surface area contributed by atoms with Gasteiger partial charge in [0.2, 0.25) is 5.91 Å². The van der Waals surface area contributed by atoms with Gasteiger partial charge >= 0.3 is 5.69 Å². The van der Waals surface area contributed by atoms with Gasteiger partial charge in [0.25, 0.3) is 0 Å². The second-order valence-electron chi connectivity index (χ2n) is 7.84. The van der Waals surface area contributed by atoms with Crippen LogP contribution in [0.2, 0.25) is 0 Å². The zero-order valence-corrected chi connectivity index (χ0v) is 18.2. The highest BCUT2D eigenvalue weighted by molar-refractivity contribution is 7.22. The van der Waals surface area contributed by atoms with Crippen molar-refractivity contribution in [1.82, 2.24) is 14.1 Å². The second kappa shape index (κ2) is 8.28. The number of benzene rings is 2. The van der Waals surface area contributed by atoms with E-state index in [2.05, 4.69) is 0 Å². The van der Waals surface area contributed by atoms with E-state index in [0.717, 1.165) is 40.7 Å². The molecule has 5 rings (SSSR count). The van der Waals surface area contributed by atoms with Crippen molar-refractivity contribution >= 4 is 43.6 Å². The van der Waals surface area contributed by atoms with Crippen molar-refractivity contribution in [2.75, 3.05) is 18.1 Å². The predicted octanol–water partition coefficient (Wildman–Crippen LogP) is 3.55. The molecule has 1 saturated heterocycles. The number of thiazole rings is 1. The van der Waals surface area contributed by atoms with Crippen molar-refractivity contribution in [1.29, 1.82) is 0 Å². The molecule has 1 amide bonds. The van der Waals surface area contributed by atoms with E-state index < -0.39 is 0 Å². The smallest absolute Gasteiger partial charge is 0.328 e. The molecule has 3 heterocycles. The minimum atomic E-state index is -0.111. The van der Waals surface area contributed by atoms with Gasteiger partial charge in [0, 0.05) is 26.6 Å². The molecule has 8 heteroatoms. The van der Waals surface area contributed by atoms with Crippen LogP contribution in [-0.4, -0.2) is 39.3 Å².